The van der Waals surface area contributed by atoms with Gasteiger partial charge in [-0.25, -0.2) is 15.0 Å². The average Bonchev–Trinajstić information content (AvgIpc) is 2.58. The van der Waals surface area contributed by atoms with Gasteiger partial charge in [-0.05, 0) is 6.92 Å². The zero-order chi connectivity index (χ0) is 9.26. The summed E-state index contributed by atoms with van der Waals surface area (Å²) >= 11 is 0. The molecule has 2 rings (SSSR count). The van der Waals surface area contributed by atoms with Crippen LogP contribution >= 0.6 is 0 Å². The molecule has 0 atom stereocenters. The van der Waals surface area contributed by atoms with Gasteiger partial charge in [0.25, 0.3) is 5.88 Å². The third-order valence-electron chi connectivity index (χ3n) is 1.56. The molecule has 0 saturated carbocycles. The molecule has 13 heavy (non-hydrogen) atoms. The van der Waals surface area contributed by atoms with E-state index >= 15 is 0 Å². The second kappa shape index (κ2) is 2.89. The van der Waals surface area contributed by atoms with E-state index in [0.29, 0.717) is 18.1 Å². The van der Waals surface area contributed by atoms with Crippen molar-refractivity contribution < 1.29 is 9.94 Å². The molecule has 68 valence electrons. The first kappa shape index (κ1) is 7.78. The Morgan fingerprint density at radius 2 is 2.31 bits per heavy atom. The minimum Gasteiger partial charge on any atom is -0.475 e. The topological polar surface area (TPSA) is 73.1 Å². The third-order valence-corrected chi connectivity index (χ3v) is 1.56. The number of imidazole rings is 1. The van der Waals surface area contributed by atoms with Gasteiger partial charge in [0, 0.05) is 0 Å². The zero-order valence-electron chi connectivity index (χ0n) is 7.01. The van der Waals surface area contributed by atoms with Crippen LogP contribution in [0.15, 0.2) is 12.7 Å². The molecule has 2 heterocycles. The molecule has 0 bridgehead atoms. The summed E-state index contributed by atoms with van der Waals surface area (Å²) in [5.41, 5.74) is 0.465. The van der Waals surface area contributed by atoms with Gasteiger partial charge in [0.2, 0.25) is 0 Å². The molecule has 0 amide bonds. The molecule has 2 aliphatic rings. The summed E-state index contributed by atoms with van der Waals surface area (Å²) in [6, 6.07) is 0. The highest BCUT2D eigenvalue weighted by Gasteiger charge is 2.16. The number of hydrogen-bond donors (Lipinski definition) is 1. The largest absolute Gasteiger partial charge is 0.475 e. The van der Waals surface area contributed by atoms with E-state index in [4.69, 9.17) is 4.74 Å². The van der Waals surface area contributed by atoms with Crippen molar-refractivity contribution in [1.82, 2.24) is 19.7 Å². The SMILES string of the molecule is CCOc1c2ncnc-2ncn1O. The lowest BCUT2D eigenvalue weighted by Gasteiger charge is -2.08. The Morgan fingerprint density at radius 3 is 3.08 bits per heavy atom. The van der Waals surface area contributed by atoms with Crippen LogP contribution in [-0.2, 0) is 0 Å². The smallest absolute Gasteiger partial charge is 0.259 e. The van der Waals surface area contributed by atoms with Crippen LogP contribution in [0.5, 0.6) is 5.88 Å². The van der Waals surface area contributed by atoms with Crippen molar-refractivity contribution in [3.63, 3.8) is 0 Å². The summed E-state index contributed by atoms with van der Waals surface area (Å²) in [5, 5.41) is 9.32. The summed E-state index contributed by atoms with van der Waals surface area (Å²) < 4.78 is 5.97. The maximum atomic E-state index is 9.32. The van der Waals surface area contributed by atoms with Crippen LogP contribution in [0.4, 0.5) is 0 Å². The van der Waals surface area contributed by atoms with Crippen LogP contribution in [0.2, 0.25) is 0 Å². The highest BCUT2D eigenvalue weighted by atomic mass is 16.5. The Balaban J connectivity index is 2.57. The van der Waals surface area contributed by atoms with E-state index in [0.717, 1.165) is 4.73 Å². The first-order valence-electron chi connectivity index (χ1n) is 3.83. The summed E-state index contributed by atoms with van der Waals surface area (Å²) in [5.74, 6) is 0.735. The van der Waals surface area contributed by atoms with Gasteiger partial charge in [0.05, 0.1) is 6.61 Å². The van der Waals surface area contributed by atoms with E-state index in [1.807, 2.05) is 6.92 Å². The van der Waals surface area contributed by atoms with Gasteiger partial charge < -0.3 is 9.94 Å². The number of hydrogen-bond acceptors (Lipinski definition) is 5. The van der Waals surface area contributed by atoms with E-state index in [2.05, 4.69) is 15.0 Å². The molecule has 0 fully saturated rings. The predicted molar refractivity (Wildman–Crippen MR) is 42.8 cm³/mol. The molecule has 6 heteroatoms. The highest BCUT2D eigenvalue weighted by molar-refractivity contribution is 5.56. The van der Waals surface area contributed by atoms with Crippen LogP contribution in [0.1, 0.15) is 6.92 Å². The first-order chi connectivity index (χ1) is 6.33. The van der Waals surface area contributed by atoms with Crippen molar-refractivity contribution in [1.29, 1.82) is 0 Å². The van der Waals surface area contributed by atoms with Crippen molar-refractivity contribution in [2.24, 2.45) is 0 Å². The second-order valence-electron chi connectivity index (χ2n) is 2.37. The number of rotatable bonds is 2. The van der Waals surface area contributed by atoms with Gasteiger partial charge in [0.1, 0.15) is 12.7 Å². The summed E-state index contributed by atoms with van der Waals surface area (Å²) in [6.07, 6.45) is 2.60. The Bertz CT molecular complexity index is 386. The normalized spacial score (nSPS) is 10.5. The molecule has 0 radical (unpaired) electrons. The molecule has 0 aliphatic carbocycles. The van der Waals surface area contributed by atoms with E-state index < -0.39 is 0 Å². The Morgan fingerprint density at radius 1 is 1.46 bits per heavy atom. The fraction of sp³-hybridized carbons (Fsp3) is 0.286. The lowest BCUT2D eigenvalue weighted by Crippen LogP contribution is -2.06. The second-order valence-corrected chi connectivity index (χ2v) is 2.37. The number of fused-ring (bicyclic) bond motifs is 1. The van der Waals surface area contributed by atoms with E-state index in [-0.39, 0.29) is 5.88 Å². The van der Waals surface area contributed by atoms with Gasteiger partial charge in [-0.2, -0.15) is 0 Å². The molecule has 0 aromatic heterocycles. The Kier molecular flexibility index (Phi) is 1.73. The number of aromatic nitrogens is 4. The number of nitrogens with zero attached hydrogens (tertiary/aromatic N) is 4. The van der Waals surface area contributed by atoms with Crippen molar-refractivity contribution in [3.8, 4) is 17.4 Å². The fourth-order valence-electron chi connectivity index (χ4n) is 1.05. The van der Waals surface area contributed by atoms with Crippen LogP contribution in [0.3, 0.4) is 0 Å². The molecule has 0 unspecified atom stereocenters. The Labute approximate surface area is 74.1 Å². The molecule has 6 nitrogen and oxygen atoms in total. The van der Waals surface area contributed by atoms with Crippen LogP contribution in [0, 0.1) is 0 Å². The zero-order valence-corrected chi connectivity index (χ0v) is 7.01. The van der Waals surface area contributed by atoms with Crippen molar-refractivity contribution >= 4 is 0 Å². The molecule has 0 aromatic carbocycles. The molecule has 1 N–H and O–H groups in total. The van der Waals surface area contributed by atoms with E-state index in [1.54, 1.807) is 0 Å². The quantitative estimate of drug-likeness (QED) is 0.678. The van der Waals surface area contributed by atoms with Gasteiger partial charge in [-0.1, -0.05) is 0 Å². The Hall–Kier alpha value is -1.85. The maximum absolute atomic E-state index is 9.32. The summed E-state index contributed by atoms with van der Waals surface area (Å²) in [6.45, 7) is 2.27. The van der Waals surface area contributed by atoms with E-state index in [9.17, 15) is 5.21 Å². The van der Waals surface area contributed by atoms with E-state index in [1.165, 1.54) is 12.7 Å². The monoisotopic (exact) mass is 180 g/mol. The lowest BCUT2D eigenvalue weighted by molar-refractivity contribution is 0.137. The van der Waals surface area contributed by atoms with Gasteiger partial charge in [0.15, 0.2) is 11.5 Å². The molecule has 0 aromatic rings. The molecule has 2 aliphatic heterocycles. The fourth-order valence-corrected chi connectivity index (χ4v) is 1.05. The average molecular weight is 180 g/mol. The van der Waals surface area contributed by atoms with Gasteiger partial charge >= 0.3 is 0 Å². The minimum absolute atomic E-state index is 0.269. The molecule has 0 saturated heterocycles. The maximum Gasteiger partial charge on any atom is 0.259 e. The van der Waals surface area contributed by atoms with Crippen LogP contribution < -0.4 is 4.74 Å². The third kappa shape index (κ3) is 1.16. The number of ether oxygens (including phenoxy) is 1. The standard InChI is InChI=1S/C7H8N4O2/c1-2-13-7-5-6(9-3-8-5)10-4-11(7)12/h3-4,12H,2H2,1H3. The first-order valence-corrected chi connectivity index (χ1v) is 3.83. The molecular weight excluding hydrogens is 172 g/mol. The van der Waals surface area contributed by atoms with Gasteiger partial charge in [-0.3, -0.25) is 0 Å². The van der Waals surface area contributed by atoms with Crippen molar-refractivity contribution in [2.45, 2.75) is 6.92 Å². The lowest BCUT2D eigenvalue weighted by atomic mass is 10.4. The summed E-state index contributed by atoms with van der Waals surface area (Å²) in [4.78, 5) is 11.6. The molecular formula is C7H8N4O2. The van der Waals surface area contributed by atoms with Crippen LogP contribution in [-0.4, -0.2) is 31.5 Å². The predicted octanol–water partition coefficient (Wildman–Crippen LogP) is 0.414. The summed E-state index contributed by atoms with van der Waals surface area (Å²) in [7, 11) is 0. The molecule has 0 spiro atoms. The van der Waals surface area contributed by atoms with Crippen molar-refractivity contribution in [3.05, 3.63) is 12.7 Å². The van der Waals surface area contributed by atoms with Gasteiger partial charge in [-0.15, -0.1) is 4.73 Å². The van der Waals surface area contributed by atoms with Crippen molar-refractivity contribution in [2.75, 3.05) is 6.61 Å². The highest BCUT2D eigenvalue weighted by Crippen LogP contribution is 2.24. The van der Waals surface area contributed by atoms with Crippen LogP contribution in [0.25, 0.3) is 11.5 Å². The minimum atomic E-state index is 0.269.